The molecule has 0 heterocycles. The van der Waals surface area contributed by atoms with Crippen molar-refractivity contribution in [3.63, 3.8) is 0 Å². The molecule has 4 atom stereocenters. The van der Waals surface area contributed by atoms with Crippen LogP contribution in [0.5, 0.6) is 0 Å². The number of allylic oxidation sites excluding steroid dienone is 22. The number of rotatable bonds is 3. The molecule has 0 aromatic heterocycles. The molecule has 7 aliphatic carbocycles. The predicted octanol–water partition coefficient (Wildman–Crippen LogP) is 8.77. The van der Waals surface area contributed by atoms with Crippen molar-refractivity contribution < 1.29 is 0 Å². The lowest BCUT2D eigenvalue weighted by atomic mass is 9.65. The first-order valence-corrected chi connectivity index (χ1v) is 14.0. The van der Waals surface area contributed by atoms with Crippen LogP contribution in [0, 0.1) is 29.1 Å². The van der Waals surface area contributed by atoms with Crippen LogP contribution < -0.4 is 0 Å². The van der Waals surface area contributed by atoms with Gasteiger partial charge in [-0.25, -0.2) is 0 Å². The van der Waals surface area contributed by atoms with Crippen LogP contribution in [0.4, 0.5) is 0 Å². The maximum atomic E-state index is 7.63. The molecular weight excluding hydrogens is 434 g/mol. The molecule has 0 saturated heterocycles. The summed E-state index contributed by atoms with van der Waals surface area (Å²) in [7, 11) is 0. The average Bonchev–Trinajstić information content (AvgIpc) is 2.96. The highest BCUT2D eigenvalue weighted by molar-refractivity contribution is 5.64. The Morgan fingerprint density at radius 1 is 0.722 bits per heavy atom. The zero-order valence-corrected chi connectivity index (χ0v) is 21.0. The molecule has 0 amide bonds. The molecule has 1 heteroatoms. The molecular formula is C35H35N. The fourth-order valence-corrected chi connectivity index (χ4v) is 7.45. The highest BCUT2D eigenvalue weighted by Gasteiger charge is 2.36. The molecule has 4 unspecified atom stereocenters. The monoisotopic (exact) mass is 469 g/mol. The standard InChI is InChI=1S/C35H35N/c36-22-23-12-13-27-20-28(15-14-26(27)18-23)24-6-5-7-25(19-24)29-16-17-34-32-10-2-1-8-30(32)31-9-3-4-11-33(31)35(34)21-29/h1,3-4,6,8-9,11-13,15,19-23,26,31,33,36H,2,5,7,10,14,16-18H2. The van der Waals surface area contributed by atoms with Gasteiger partial charge in [-0.15, -0.1) is 0 Å². The van der Waals surface area contributed by atoms with Crippen LogP contribution in [-0.2, 0) is 0 Å². The molecule has 0 aliphatic heterocycles. The highest BCUT2D eigenvalue weighted by atomic mass is 14.4. The summed E-state index contributed by atoms with van der Waals surface area (Å²) in [6, 6.07) is 0. The Kier molecular flexibility index (Phi) is 5.53. The third-order valence-electron chi connectivity index (χ3n) is 9.32. The molecule has 7 aliphatic rings. The summed E-state index contributed by atoms with van der Waals surface area (Å²) >= 11 is 0. The molecule has 0 bridgehead atoms. The number of nitrogens with one attached hydrogen (secondary N) is 1. The van der Waals surface area contributed by atoms with Gasteiger partial charge >= 0.3 is 0 Å². The van der Waals surface area contributed by atoms with Gasteiger partial charge in [-0.3, -0.25) is 0 Å². The summed E-state index contributed by atoms with van der Waals surface area (Å²) in [5, 5.41) is 7.63. The fourth-order valence-electron chi connectivity index (χ4n) is 7.45. The van der Waals surface area contributed by atoms with E-state index >= 15 is 0 Å². The van der Waals surface area contributed by atoms with Gasteiger partial charge < -0.3 is 5.41 Å². The van der Waals surface area contributed by atoms with Crippen molar-refractivity contribution in [3.05, 3.63) is 129 Å². The van der Waals surface area contributed by atoms with Gasteiger partial charge in [-0.2, -0.15) is 0 Å². The zero-order valence-electron chi connectivity index (χ0n) is 21.0. The second-order valence-electron chi connectivity index (χ2n) is 11.3. The van der Waals surface area contributed by atoms with Crippen molar-refractivity contribution in [2.24, 2.45) is 23.7 Å². The van der Waals surface area contributed by atoms with E-state index in [1.807, 2.05) is 0 Å². The van der Waals surface area contributed by atoms with Crippen molar-refractivity contribution in [1.29, 1.82) is 5.41 Å². The Bertz CT molecular complexity index is 1350. The Labute approximate surface area is 215 Å². The van der Waals surface area contributed by atoms with Gasteiger partial charge in [0.25, 0.3) is 0 Å². The van der Waals surface area contributed by atoms with Crippen LogP contribution in [0.1, 0.15) is 51.4 Å². The van der Waals surface area contributed by atoms with E-state index in [4.69, 9.17) is 5.41 Å². The molecule has 0 fully saturated rings. The Morgan fingerprint density at radius 2 is 1.53 bits per heavy atom. The summed E-state index contributed by atoms with van der Waals surface area (Å²) < 4.78 is 0. The van der Waals surface area contributed by atoms with Gasteiger partial charge in [-0.05, 0) is 107 Å². The van der Waals surface area contributed by atoms with E-state index in [-0.39, 0.29) is 0 Å². The molecule has 0 aromatic carbocycles. The summed E-state index contributed by atoms with van der Waals surface area (Å²) in [6.07, 6.45) is 41.9. The van der Waals surface area contributed by atoms with Crippen LogP contribution in [0.3, 0.4) is 0 Å². The first kappa shape index (κ1) is 22.0. The first-order chi connectivity index (χ1) is 17.8. The largest absolute Gasteiger partial charge is 0.312 e. The first-order valence-electron chi connectivity index (χ1n) is 14.0. The lowest BCUT2D eigenvalue weighted by Crippen LogP contribution is -2.26. The summed E-state index contributed by atoms with van der Waals surface area (Å²) in [6.45, 7) is 0. The Balaban J connectivity index is 1.20. The van der Waals surface area contributed by atoms with Gasteiger partial charge in [-0.1, -0.05) is 79.0 Å². The minimum absolute atomic E-state index is 0.310. The van der Waals surface area contributed by atoms with Crippen LogP contribution in [0.25, 0.3) is 0 Å². The summed E-state index contributed by atoms with van der Waals surface area (Å²) in [4.78, 5) is 0. The molecule has 0 radical (unpaired) electrons. The highest BCUT2D eigenvalue weighted by Crippen LogP contribution is 2.50. The number of hydrogen-bond donors (Lipinski definition) is 1. The van der Waals surface area contributed by atoms with Gasteiger partial charge in [0.15, 0.2) is 0 Å². The van der Waals surface area contributed by atoms with Gasteiger partial charge in [0.05, 0.1) is 0 Å². The third kappa shape index (κ3) is 3.72. The summed E-state index contributed by atoms with van der Waals surface area (Å²) in [5.74, 6) is 1.89. The second-order valence-corrected chi connectivity index (χ2v) is 11.3. The van der Waals surface area contributed by atoms with E-state index in [1.165, 1.54) is 42.4 Å². The topological polar surface area (TPSA) is 23.9 Å². The molecule has 1 N–H and O–H groups in total. The van der Waals surface area contributed by atoms with Crippen LogP contribution >= 0.6 is 0 Å². The van der Waals surface area contributed by atoms with E-state index < -0.39 is 0 Å². The summed E-state index contributed by atoms with van der Waals surface area (Å²) in [5.41, 5.74) is 13.9. The number of fused-ring (bicyclic) bond motifs is 5. The fraction of sp³-hybridized carbons (Fsp3) is 0.343. The van der Waals surface area contributed by atoms with E-state index in [1.54, 1.807) is 39.7 Å². The van der Waals surface area contributed by atoms with E-state index in [9.17, 15) is 0 Å². The van der Waals surface area contributed by atoms with Gasteiger partial charge in [0, 0.05) is 24.0 Å². The quantitative estimate of drug-likeness (QED) is 0.399. The van der Waals surface area contributed by atoms with Gasteiger partial charge in [0.1, 0.15) is 0 Å². The SMILES string of the molecule is N=CC1C=CC2=CC(C3=CCCC(C4=CC5=C(CC4)C4=C(C=CCC4)C4C=CC=CC54)=C3)=CCC2C1. The number of hydrogen-bond acceptors (Lipinski definition) is 1. The second kappa shape index (κ2) is 9.04. The third-order valence-corrected chi connectivity index (χ3v) is 9.32. The van der Waals surface area contributed by atoms with Crippen LogP contribution in [0.2, 0.25) is 0 Å². The molecule has 7 rings (SSSR count). The maximum Gasteiger partial charge on any atom is 0.0128 e. The molecule has 180 valence electrons. The van der Waals surface area contributed by atoms with Crippen molar-refractivity contribution in [1.82, 2.24) is 0 Å². The molecule has 0 aromatic rings. The molecule has 0 saturated carbocycles. The predicted molar refractivity (Wildman–Crippen MR) is 151 cm³/mol. The van der Waals surface area contributed by atoms with Crippen molar-refractivity contribution in [2.75, 3.05) is 0 Å². The minimum atomic E-state index is 0.310. The van der Waals surface area contributed by atoms with Crippen LogP contribution in [0.15, 0.2) is 129 Å². The normalized spacial score (nSPS) is 32.4. The maximum absolute atomic E-state index is 7.63. The Morgan fingerprint density at radius 3 is 2.42 bits per heavy atom. The lowest BCUT2D eigenvalue weighted by Gasteiger charge is -2.39. The average molecular weight is 470 g/mol. The zero-order chi connectivity index (χ0) is 24.1. The molecule has 0 spiro atoms. The van der Waals surface area contributed by atoms with E-state index in [0.717, 1.165) is 25.7 Å². The minimum Gasteiger partial charge on any atom is -0.312 e. The van der Waals surface area contributed by atoms with E-state index in [2.05, 4.69) is 79.0 Å². The Hall–Kier alpha value is -3.19. The van der Waals surface area contributed by atoms with Crippen LogP contribution in [-0.4, -0.2) is 6.21 Å². The molecule has 36 heavy (non-hydrogen) atoms. The lowest BCUT2D eigenvalue weighted by molar-refractivity contribution is 0.524. The van der Waals surface area contributed by atoms with Gasteiger partial charge in [0.2, 0.25) is 0 Å². The molecule has 1 nitrogen and oxygen atoms in total. The van der Waals surface area contributed by atoms with Crippen molar-refractivity contribution in [2.45, 2.75) is 51.4 Å². The van der Waals surface area contributed by atoms with Crippen molar-refractivity contribution in [3.8, 4) is 0 Å². The smallest absolute Gasteiger partial charge is 0.0128 e. The van der Waals surface area contributed by atoms with Crippen molar-refractivity contribution >= 4 is 6.21 Å². The van der Waals surface area contributed by atoms with E-state index in [0.29, 0.717) is 23.7 Å².